The number of piperidine rings is 1. The molecule has 2 heterocycles. The van der Waals surface area contributed by atoms with Crippen LogP contribution in [0.1, 0.15) is 50.7 Å². The van der Waals surface area contributed by atoms with Gasteiger partial charge < -0.3 is 10.2 Å². The van der Waals surface area contributed by atoms with Gasteiger partial charge >= 0.3 is 12.2 Å². The Morgan fingerprint density at radius 3 is 2.38 bits per heavy atom. The molecule has 2 saturated heterocycles. The molecule has 9 heteroatoms. The van der Waals surface area contributed by atoms with Gasteiger partial charge in [-0.2, -0.15) is 13.2 Å². The third-order valence-corrected chi connectivity index (χ3v) is 7.09. The van der Waals surface area contributed by atoms with E-state index in [1.807, 2.05) is 23.9 Å². The van der Waals surface area contributed by atoms with Crippen LogP contribution in [0, 0.1) is 11.8 Å². The minimum Gasteiger partial charge on any atom is -0.323 e. The highest BCUT2D eigenvalue weighted by molar-refractivity contribution is 6.07. The Hall–Kier alpha value is -2.13. The minimum absolute atomic E-state index is 0.0406. The van der Waals surface area contributed by atoms with Gasteiger partial charge in [0, 0.05) is 19.6 Å². The van der Waals surface area contributed by atoms with Crippen LogP contribution in [-0.4, -0.2) is 72.5 Å². The molecular formula is C25H37F3N4O2. The van der Waals surface area contributed by atoms with Crippen molar-refractivity contribution in [1.29, 1.82) is 0 Å². The topological polar surface area (TPSA) is 55.9 Å². The van der Waals surface area contributed by atoms with Gasteiger partial charge in [-0.1, -0.05) is 32.0 Å². The largest absolute Gasteiger partial charge is 0.416 e. The van der Waals surface area contributed by atoms with Crippen LogP contribution < -0.4 is 5.32 Å². The maximum atomic E-state index is 13.6. The lowest BCUT2D eigenvalue weighted by Crippen LogP contribution is -2.56. The molecule has 2 aliphatic rings. The van der Waals surface area contributed by atoms with Gasteiger partial charge in [0.1, 0.15) is 5.54 Å². The number of halogens is 3. The number of nitrogens with zero attached hydrogens (tertiary/aromatic N) is 3. The highest BCUT2D eigenvalue weighted by atomic mass is 19.4. The van der Waals surface area contributed by atoms with E-state index in [-0.39, 0.29) is 30.0 Å². The molecule has 0 aromatic heterocycles. The van der Waals surface area contributed by atoms with Crippen LogP contribution in [-0.2, 0) is 17.5 Å². The van der Waals surface area contributed by atoms with E-state index in [1.54, 1.807) is 6.07 Å². The Labute approximate surface area is 200 Å². The second-order valence-corrected chi connectivity index (χ2v) is 10.3. The maximum Gasteiger partial charge on any atom is 0.416 e. The molecule has 0 aliphatic carbocycles. The first-order valence-electron chi connectivity index (χ1n) is 12.1. The summed E-state index contributed by atoms with van der Waals surface area (Å²) < 4.78 is 40.2. The summed E-state index contributed by atoms with van der Waals surface area (Å²) in [4.78, 5) is 31.7. The van der Waals surface area contributed by atoms with Gasteiger partial charge in [0.2, 0.25) is 0 Å². The lowest BCUT2D eigenvalue weighted by Gasteiger charge is -2.41. The number of amides is 3. The van der Waals surface area contributed by atoms with Gasteiger partial charge in [-0.15, -0.1) is 0 Å². The summed E-state index contributed by atoms with van der Waals surface area (Å²) in [5.41, 5.74) is -1.26. The average Bonchev–Trinajstić information content (AvgIpc) is 3.01. The molecule has 190 valence electrons. The fourth-order valence-corrected chi connectivity index (χ4v) is 5.07. The molecule has 1 aromatic carbocycles. The van der Waals surface area contributed by atoms with Gasteiger partial charge in [-0.05, 0) is 76.3 Å². The van der Waals surface area contributed by atoms with Gasteiger partial charge in [-0.25, -0.2) is 4.79 Å². The van der Waals surface area contributed by atoms with Crippen LogP contribution in [0.4, 0.5) is 18.0 Å². The second-order valence-electron chi connectivity index (χ2n) is 10.3. The first-order valence-corrected chi connectivity index (χ1v) is 12.1. The molecule has 1 atom stereocenters. The minimum atomic E-state index is -4.38. The Morgan fingerprint density at radius 1 is 1.15 bits per heavy atom. The molecule has 2 fully saturated rings. The van der Waals surface area contributed by atoms with Crippen LogP contribution in [0.15, 0.2) is 24.3 Å². The molecule has 34 heavy (non-hydrogen) atoms. The summed E-state index contributed by atoms with van der Waals surface area (Å²) in [5.74, 6) is 0.193. The molecule has 3 amide bonds. The smallest absolute Gasteiger partial charge is 0.323 e. The molecule has 1 aromatic rings. The number of carbonyl (C=O) groups excluding carboxylic acids is 2. The second kappa shape index (κ2) is 10.6. The SMILES string of the molecule is CC(C)CCC1(C2CCN(Cc3ccccc3C(F)(F)F)CC2)NC(=O)N(CCN(C)C)C1=O. The van der Waals surface area contributed by atoms with E-state index in [9.17, 15) is 22.8 Å². The van der Waals surface area contributed by atoms with E-state index in [2.05, 4.69) is 19.2 Å². The van der Waals surface area contributed by atoms with Crippen molar-refractivity contribution >= 4 is 11.9 Å². The van der Waals surface area contributed by atoms with Crippen LogP contribution >= 0.6 is 0 Å². The van der Waals surface area contributed by atoms with E-state index in [0.717, 1.165) is 12.5 Å². The molecule has 2 aliphatic heterocycles. The summed E-state index contributed by atoms with van der Waals surface area (Å²) >= 11 is 0. The fraction of sp³-hybridized carbons (Fsp3) is 0.680. The third kappa shape index (κ3) is 5.92. The number of imide groups is 1. The van der Waals surface area contributed by atoms with Crippen molar-refractivity contribution in [2.24, 2.45) is 11.8 Å². The monoisotopic (exact) mass is 482 g/mol. The standard InChI is InChI=1S/C25H37F3N4O2/c1-18(2)9-12-24(22(33)32(23(34)29-24)16-15-30(3)4)20-10-13-31(14-11-20)17-19-7-5-6-8-21(19)25(26,27)28/h5-8,18,20H,9-17H2,1-4H3,(H,29,34). The number of benzene rings is 1. The first-order chi connectivity index (χ1) is 15.9. The van der Waals surface area contributed by atoms with E-state index >= 15 is 0 Å². The van der Waals surface area contributed by atoms with Gasteiger partial charge in [0.25, 0.3) is 5.91 Å². The molecular weight excluding hydrogens is 445 g/mol. The summed E-state index contributed by atoms with van der Waals surface area (Å²) in [5, 5.41) is 3.06. The number of rotatable bonds is 9. The van der Waals surface area contributed by atoms with Crippen molar-refractivity contribution in [3.05, 3.63) is 35.4 Å². The third-order valence-electron chi connectivity index (χ3n) is 7.09. The zero-order valence-electron chi connectivity index (χ0n) is 20.6. The lowest BCUT2D eigenvalue weighted by molar-refractivity contribution is -0.139. The molecule has 1 N–H and O–H groups in total. The van der Waals surface area contributed by atoms with Crippen LogP contribution in [0.5, 0.6) is 0 Å². The predicted molar refractivity (Wildman–Crippen MR) is 125 cm³/mol. The Balaban J connectivity index is 1.72. The summed E-state index contributed by atoms with van der Waals surface area (Å²) in [6, 6.07) is 5.36. The fourth-order valence-electron chi connectivity index (χ4n) is 5.07. The Morgan fingerprint density at radius 2 is 1.79 bits per heavy atom. The van der Waals surface area contributed by atoms with E-state index in [0.29, 0.717) is 51.4 Å². The highest BCUT2D eigenvalue weighted by Crippen LogP contribution is 2.39. The molecule has 3 rings (SSSR count). The molecule has 1 unspecified atom stereocenters. The molecule has 0 bridgehead atoms. The number of hydrogen-bond acceptors (Lipinski definition) is 4. The predicted octanol–water partition coefficient (Wildman–Crippen LogP) is 4.21. The van der Waals surface area contributed by atoms with E-state index in [1.165, 1.54) is 17.0 Å². The van der Waals surface area contributed by atoms with Gasteiger partial charge in [0.15, 0.2) is 0 Å². The van der Waals surface area contributed by atoms with E-state index in [4.69, 9.17) is 0 Å². The van der Waals surface area contributed by atoms with Gasteiger partial charge in [-0.3, -0.25) is 14.6 Å². The first kappa shape index (κ1) is 26.5. The average molecular weight is 483 g/mol. The number of nitrogens with one attached hydrogen (secondary N) is 1. The van der Waals surface area contributed by atoms with Crippen molar-refractivity contribution in [2.45, 2.75) is 57.8 Å². The lowest BCUT2D eigenvalue weighted by atomic mass is 9.73. The zero-order valence-corrected chi connectivity index (χ0v) is 20.6. The van der Waals surface area contributed by atoms with Gasteiger partial charge in [0.05, 0.1) is 5.56 Å². The zero-order chi connectivity index (χ0) is 25.1. The van der Waals surface area contributed by atoms with E-state index < -0.39 is 17.3 Å². The number of likely N-dealkylation sites (tertiary alicyclic amines) is 1. The normalized spacial score (nSPS) is 22.8. The number of likely N-dealkylation sites (N-methyl/N-ethyl adjacent to an activating group) is 1. The molecule has 6 nitrogen and oxygen atoms in total. The summed E-state index contributed by atoms with van der Waals surface area (Å²) in [7, 11) is 3.80. The van der Waals surface area contributed by atoms with Crippen molar-refractivity contribution in [3.8, 4) is 0 Å². The van der Waals surface area contributed by atoms with Crippen molar-refractivity contribution in [1.82, 2.24) is 20.0 Å². The number of carbonyl (C=O) groups is 2. The van der Waals surface area contributed by atoms with Crippen molar-refractivity contribution in [2.75, 3.05) is 40.3 Å². The summed E-state index contributed by atoms with van der Waals surface area (Å²) in [6.45, 7) is 6.52. The van der Waals surface area contributed by atoms with Crippen LogP contribution in [0.3, 0.4) is 0 Å². The highest BCUT2D eigenvalue weighted by Gasteiger charge is 2.55. The summed E-state index contributed by atoms with van der Waals surface area (Å²) in [6.07, 6.45) is -1.69. The molecule has 0 radical (unpaired) electrons. The number of alkyl halides is 3. The maximum absolute atomic E-state index is 13.6. The number of hydrogen-bond donors (Lipinski definition) is 1. The Bertz CT molecular complexity index is 866. The Kier molecular flexibility index (Phi) is 8.29. The van der Waals surface area contributed by atoms with Crippen LogP contribution in [0.2, 0.25) is 0 Å². The van der Waals surface area contributed by atoms with Crippen LogP contribution in [0.25, 0.3) is 0 Å². The molecule has 0 saturated carbocycles. The van der Waals surface area contributed by atoms with Crippen molar-refractivity contribution in [3.63, 3.8) is 0 Å². The molecule has 0 spiro atoms. The number of urea groups is 1. The van der Waals surface area contributed by atoms with Crippen molar-refractivity contribution < 1.29 is 22.8 Å². The quantitative estimate of drug-likeness (QED) is 0.536.